The first kappa shape index (κ1) is 17.1. The Morgan fingerprint density at radius 2 is 1.58 bits per heavy atom. The molecule has 1 rings (SSSR count). The molecule has 0 heterocycles. The van der Waals surface area contributed by atoms with Gasteiger partial charge in [0.25, 0.3) is 0 Å². The zero-order valence-corrected chi connectivity index (χ0v) is 14.6. The molecule has 0 aromatic heterocycles. The van der Waals surface area contributed by atoms with Crippen LogP contribution < -0.4 is 0 Å². The molecule has 0 aromatic carbocycles. The molecule has 0 saturated heterocycles. The average Bonchev–Trinajstić information content (AvgIpc) is 2.36. The van der Waals surface area contributed by atoms with E-state index in [9.17, 15) is 0 Å². The van der Waals surface area contributed by atoms with Crippen molar-refractivity contribution in [3.63, 3.8) is 0 Å². The van der Waals surface area contributed by atoms with Crippen LogP contribution in [0.1, 0.15) is 87.0 Å². The van der Waals surface area contributed by atoms with Gasteiger partial charge in [0.1, 0.15) is 0 Å². The van der Waals surface area contributed by atoms with Gasteiger partial charge in [0.05, 0.1) is 0 Å². The first-order chi connectivity index (χ1) is 8.87. The van der Waals surface area contributed by atoms with E-state index in [1.54, 1.807) is 0 Å². The molecule has 1 aliphatic rings. The lowest BCUT2D eigenvalue weighted by Crippen LogP contribution is -2.34. The fraction of sp³-hybridized carbons (Fsp3) is 1.00. The van der Waals surface area contributed by atoms with Crippen LogP contribution in [-0.2, 0) is 0 Å². The van der Waals surface area contributed by atoms with Crippen molar-refractivity contribution in [3.8, 4) is 0 Å². The molecular weight excluding hydrogens is 228 g/mol. The van der Waals surface area contributed by atoms with Crippen molar-refractivity contribution in [1.82, 2.24) is 0 Å². The topological polar surface area (TPSA) is 0 Å². The van der Waals surface area contributed by atoms with E-state index in [1.165, 1.54) is 38.5 Å². The summed E-state index contributed by atoms with van der Waals surface area (Å²) in [7, 11) is 0. The second-order valence-electron chi connectivity index (χ2n) is 7.92. The zero-order chi connectivity index (χ0) is 14.6. The quantitative estimate of drug-likeness (QED) is 0.467. The third kappa shape index (κ3) is 3.99. The SMILES string of the molecule is CCC1CCC1CC(C)C(CC)C(C)C(C)(C)CC. The summed E-state index contributed by atoms with van der Waals surface area (Å²) in [5, 5.41) is 0. The largest absolute Gasteiger partial charge is 0.0651 e. The summed E-state index contributed by atoms with van der Waals surface area (Å²) in [4.78, 5) is 0. The van der Waals surface area contributed by atoms with Crippen molar-refractivity contribution >= 4 is 0 Å². The van der Waals surface area contributed by atoms with Crippen LogP contribution in [0.15, 0.2) is 0 Å². The van der Waals surface area contributed by atoms with E-state index in [0.29, 0.717) is 5.41 Å². The highest BCUT2D eigenvalue weighted by Gasteiger charge is 2.36. The van der Waals surface area contributed by atoms with Crippen LogP contribution >= 0.6 is 0 Å². The molecule has 0 heteroatoms. The Bertz CT molecular complexity index is 251. The predicted molar refractivity (Wildman–Crippen MR) is 87.3 cm³/mol. The summed E-state index contributed by atoms with van der Waals surface area (Å²) in [6, 6.07) is 0. The molecule has 0 amide bonds. The molecular formula is C19H38. The Morgan fingerprint density at radius 1 is 1.00 bits per heavy atom. The van der Waals surface area contributed by atoms with Gasteiger partial charge in [-0.1, -0.05) is 67.7 Å². The van der Waals surface area contributed by atoms with Crippen molar-refractivity contribution in [1.29, 1.82) is 0 Å². The second-order valence-corrected chi connectivity index (χ2v) is 7.92. The summed E-state index contributed by atoms with van der Waals surface area (Å²) in [6.07, 6.45) is 8.56. The fourth-order valence-corrected chi connectivity index (χ4v) is 4.29. The smallest absolute Gasteiger partial charge is 0.0328 e. The third-order valence-corrected chi connectivity index (χ3v) is 6.76. The number of hydrogen-bond donors (Lipinski definition) is 0. The first-order valence-electron chi connectivity index (χ1n) is 8.87. The van der Waals surface area contributed by atoms with E-state index in [0.717, 1.165) is 29.6 Å². The van der Waals surface area contributed by atoms with Crippen LogP contribution in [-0.4, -0.2) is 0 Å². The Labute approximate surface area is 122 Å². The molecule has 19 heavy (non-hydrogen) atoms. The first-order valence-corrected chi connectivity index (χ1v) is 8.87. The fourth-order valence-electron chi connectivity index (χ4n) is 4.29. The Balaban J connectivity index is 2.58. The second kappa shape index (κ2) is 7.14. The molecule has 1 saturated carbocycles. The molecule has 0 aromatic rings. The molecule has 5 unspecified atom stereocenters. The summed E-state index contributed by atoms with van der Waals surface area (Å²) < 4.78 is 0. The monoisotopic (exact) mass is 266 g/mol. The lowest BCUT2D eigenvalue weighted by atomic mass is 9.62. The molecule has 0 N–H and O–H groups in total. The highest BCUT2D eigenvalue weighted by molar-refractivity contribution is 4.86. The lowest BCUT2D eigenvalue weighted by Gasteiger charge is -2.43. The van der Waals surface area contributed by atoms with Crippen LogP contribution in [0.3, 0.4) is 0 Å². The van der Waals surface area contributed by atoms with E-state index < -0.39 is 0 Å². The molecule has 5 atom stereocenters. The minimum atomic E-state index is 0.499. The number of hydrogen-bond acceptors (Lipinski definition) is 0. The Kier molecular flexibility index (Phi) is 6.40. The molecule has 1 fully saturated rings. The van der Waals surface area contributed by atoms with Crippen molar-refractivity contribution < 1.29 is 0 Å². The number of rotatable bonds is 8. The molecule has 0 bridgehead atoms. The summed E-state index contributed by atoms with van der Waals surface area (Å²) >= 11 is 0. The molecule has 114 valence electrons. The van der Waals surface area contributed by atoms with Gasteiger partial charge in [-0.15, -0.1) is 0 Å². The maximum Gasteiger partial charge on any atom is -0.0328 e. The van der Waals surface area contributed by atoms with Crippen molar-refractivity contribution in [2.24, 2.45) is 35.0 Å². The van der Waals surface area contributed by atoms with E-state index in [1.807, 2.05) is 0 Å². The average molecular weight is 267 g/mol. The summed E-state index contributed by atoms with van der Waals surface area (Å²) in [5.74, 6) is 4.76. The van der Waals surface area contributed by atoms with Crippen molar-refractivity contribution in [2.75, 3.05) is 0 Å². The van der Waals surface area contributed by atoms with Crippen LogP contribution in [0.2, 0.25) is 0 Å². The van der Waals surface area contributed by atoms with Gasteiger partial charge in [-0.25, -0.2) is 0 Å². The van der Waals surface area contributed by atoms with Gasteiger partial charge >= 0.3 is 0 Å². The van der Waals surface area contributed by atoms with Gasteiger partial charge in [0, 0.05) is 0 Å². The Morgan fingerprint density at radius 3 is 1.95 bits per heavy atom. The Hall–Kier alpha value is 0. The van der Waals surface area contributed by atoms with Crippen LogP contribution in [0.4, 0.5) is 0 Å². The maximum absolute atomic E-state index is 2.53. The third-order valence-electron chi connectivity index (χ3n) is 6.76. The summed E-state index contributed by atoms with van der Waals surface area (Å²) in [5.41, 5.74) is 0.499. The van der Waals surface area contributed by atoms with Crippen molar-refractivity contribution in [2.45, 2.75) is 87.0 Å². The zero-order valence-electron chi connectivity index (χ0n) is 14.6. The van der Waals surface area contributed by atoms with Gasteiger partial charge in [0.2, 0.25) is 0 Å². The van der Waals surface area contributed by atoms with Gasteiger partial charge in [-0.3, -0.25) is 0 Å². The van der Waals surface area contributed by atoms with E-state index in [4.69, 9.17) is 0 Å². The van der Waals surface area contributed by atoms with Gasteiger partial charge in [-0.2, -0.15) is 0 Å². The molecule has 1 aliphatic carbocycles. The van der Waals surface area contributed by atoms with Gasteiger partial charge in [-0.05, 0) is 54.3 Å². The van der Waals surface area contributed by atoms with E-state index >= 15 is 0 Å². The minimum Gasteiger partial charge on any atom is -0.0651 e. The predicted octanol–water partition coefficient (Wildman–Crippen LogP) is 6.55. The van der Waals surface area contributed by atoms with Crippen LogP contribution in [0.5, 0.6) is 0 Å². The van der Waals surface area contributed by atoms with Gasteiger partial charge < -0.3 is 0 Å². The van der Waals surface area contributed by atoms with Crippen molar-refractivity contribution in [3.05, 3.63) is 0 Å². The van der Waals surface area contributed by atoms with Gasteiger partial charge in [0.15, 0.2) is 0 Å². The van der Waals surface area contributed by atoms with E-state index in [-0.39, 0.29) is 0 Å². The maximum atomic E-state index is 2.53. The van der Waals surface area contributed by atoms with E-state index in [2.05, 4.69) is 48.5 Å². The molecule has 0 radical (unpaired) electrons. The molecule has 0 nitrogen and oxygen atoms in total. The standard InChI is InChI=1S/C19H38/c1-8-16-11-12-17(16)13-14(4)18(9-2)15(5)19(6,7)10-3/h14-18H,8-13H2,1-7H3. The summed E-state index contributed by atoms with van der Waals surface area (Å²) in [6.45, 7) is 17.1. The highest BCUT2D eigenvalue weighted by Crippen LogP contribution is 2.46. The lowest BCUT2D eigenvalue weighted by molar-refractivity contribution is 0.0679. The highest BCUT2D eigenvalue weighted by atomic mass is 14.4. The molecule has 0 aliphatic heterocycles. The normalized spacial score (nSPS) is 28.6. The van der Waals surface area contributed by atoms with Crippen LogP contribution in [0.25, 0.3) is 0 Å². The van der Waals surface area contributed by atoms with Crippen LogP contribution in [0, 0.1) is 35.0 Å². The molecule has 0 spiro atoms. The minimum absolute atomic E-state index is 0.499.